The monoisotopic (exact) mass is 334 g/mol. The second-order valence-corrected chi connectivity index (χ2v) is 8.14. The van der Waals surface area contributed by atoms with Gasteiger partial charge in [-0.25, -0.2) is 12.8 Å². The van der Waals surface area contributed by atoms with Crippen molar-refractivity contribution in [3.63, 3.8) is 0 Å². The Labute approximate surface area is 130 Å². The van der Waals surface area contributed by atoms with E-state index < -0.39 is 15.8 Å². The number of likely N-dealkylation sites (N-methyl/N-ethyl adjacent to an activating group) is 1. The lowest BCUT2D eigenvalue weighted by Gasteiger charge is -2.44. The predicted molar refractivity (Wildman–Crippen MR) is 81.4 cm³/mol. The van der Waals surface area contributed by atoms with Crippen molar-refractivity contribution in [2.75, 3.05) is 26.7 Å². The Morgan fingerprint density at radius 1 is 1.33 bits per heavy atom. The van der Waals surface area contributed by atoms with Crippen molar-refractivity contribution in [2.24, 2.45) is 0 Å². The lowest BCUT2D eigenvalue weighted by atomic mass is 10.0. The number of benzene rings is 1. The topological polar surface area (TPSA) is 40.6 Å². The molecule has 7 heteroatoms. The van der Waals surface area contributed by atoms with Crippen LogP contribution in [-0.2, 0) is 15.9 Å². The predicted octanol–water partition coefficient (Wildman–Crippen LogP) is 2.28. The third-order valence-electron chi connectivity index (χ3n) is 4.05. The standard InChI is InChI=1S/C14H20ClFN2O2S/c1-14(2)10-18(7-6-17(14)3)21(19,20)13-8-11(9-15)4-5-12(13)16/h4-5,8H,6-7,9-10H2,1-3H3. The fraction of sp³-hybridized carbons (Fsp3) is 0.571. The van der Waals surface area contributed by atoms with Crippen LogP contribution >= 0.6 is 11.6 Å². The molecule has 1 fully saturated rings. The lowest BCUT2D eigenvalue weighted by Crippen LogP contribution is -2.58. The molecule has 118 valence electrons. The number of nitrogens with zero attached hydrogens (tertiary/aromatic N) is 2. The van der Waals surface area contributed by atoms with Crippen molar-refractivity contribution in [3.8, 4) is 0 Å². The fourth-order valence-electron chi connectivity index (χ4n) is 2.37. The van der Waals surface area contributed by atoms with E-state index in [9.17, 15) is 12.8 Å². The summed E-state index contributed by atoms with van der Waals surface area (Å²) in [6.45, 7) is 5.24. The first-order valence-electron chi connectivity index (χ1n) is 6.74. The molecule has 0 aromatic heterocycles. The zero-order chi connectivity index (χ0) is 15.8. The number of hydrogen-bond acceptors (Lipinski definition) is 3. The molecule has 0 saturated carbocycles. The van der Waals surface area contributed by atoms with Crippen LogP contribution in [0, 0.1) is 5.82 Å². The highest BCUT2D eigenvalue weighted by atomic mass is 35.5. The number of rotatable bonds is 3. The van der Waals surface area contributed by atoms with Crippen LogP contribution in [0.4, 0.5) is 4.39 Å². The van der Waals surface area contributed by atoms with Gasteiger partial charge in [-0.15, -0.1) is 11.6 Å². The van der Waals surface area contributed by atoms with Crippen LogP contribution in [-0.4, -0.2) is 49.8 Å². The smallest absolute Gasteiger partial charge is 0.246 e. The molecule has 0 aliphatic carbocycles. The van der Waals surface area contributed by atoms with Gasteiger partial charge in [0.25, 0.3) is 0 Å². The molecule has 1 aliphatic heterocycles. The summed E-state index contributed by atoms with van der Waals surface area (Å²) in [6.07, 6.45) is 0. The molecule has 1 aliphatic rings. The SMILES string of the molecule is CN1CCN(S(=O)(=O)c2cc(CCl)ccc2F)CC1(C)C. The normalized spacial score (nSPS) is 20.6. The van der Waals surface area contributed by atoms with E-state index in [0.717, 1.165) is 6.07 Å². The van der Waals surface area contributed by atoms with Crippen molar-refractivity contribution in [1.82, 2.24) is 9.21 Å². The molecule has 0 N–H and O–H groups in total. The van der Waals surface area contributed by atoms with Crippen LogP contribution < -0.4 is 0 Å². The summed E-state index contributed by atoms with van der Waals surface area (Å²) < 4.78 is 40.7. The van der Waals surface area contributed by atoms with Gasteiger partial charge in [0.15, 0.2) is 0 Å². The van der Waals surface area contributed by atoms with Crippen LogP contribution in [0.1, 0.15) is 19.4 Å². The minimum Gasteiger partial charge on any atom is -0.299 e. The van der Waals surface area contributed by atoms with Gasteiger partial charge in [0.1, 0.15) is 10.7 Å². The van der Waals surface area contributed by atoms with Crippen molar-refractivity contribution in [2.45, 2.75) is 30.2 Å². The largest absolute Gasteiger partial charge is 0.299 e. The first kappa shape index (κ1) is 16.7. The van der Waals surface area contributed by atoms with Crippen LogP contribution in [0.5, 0.6) is 0 Å². The van der Waals surface area contributed by atoms with Gasteiger partial charge in [-0.2, -0.15) is 4.31 Å². The first-order chi connectivity index (χ1) is 9.68. The average molecular weight is 335 g/mol. The fourth-order valence-corrected chi connectivity index (χ4v) is 4.24. The van der Waals surface area contributed by atoms with Crippen molar-refractivity contribution < 1.29 is 12.8 Å². The Morgan fingerprint density at radius 3 is 2.57 bits per heavy atom. The molecule has 1 saturated heterocycles. The number of sulfonamides is 1. The van der Waals surface area contributed by atoms with Crippen molar-refractivity contribution in [1.29, 1.82) is 0 Å². The quantitative estimate of drug-likeness (QED) is 0.796. The summed E-state index contributed by atoms with van der Waals surface area (Å²) >= 11 is 5.71. The maximum absolute atomic E-state index is 14.0. The Kier molecular flexibility index (Phi) is 4.63. The van der Waals surface area contributed by atoms with Crippen LogP contribution in [0.2, 0.25) is 0 Å². The molecule has 1 aromatic carbocycles. The highest BCUT2D eigenvalue weighted by molar-refractivity contribution is 7.89. The molecule has 0 amide bonds. The molecule has 21 heavy (non-hydrogen) atoms. The van der Waals surface area contributed by atoms with E-state index in [1.54, 1.807) is 0 Å². The molecule has 2 rings (SSSR count). The van der Waals surface area contributed by atoms with Gasteiger partial charge in [0.05, 0.1) is 0 Å². The van der Waals surface area contributed by atoms with Gasteiger partial charge in [-0.05, 0) is 38.6 Å². The highest BCUT2D eigenvalue weighted by Gasteiger charge is 2.38. The minimum atomic E-state index is -3.85. The molecule has 0 bridgehead atoms. The molecule has 0 spiro atoms. The maximum Gasteiger partial charge on any atom is 0.246 e. The van der Waals surface area contributed by atoms with Crippen molar-refractivity contribution >= 4 is 21.6 Å². The molecule has 1 aromatic rings. The van der Waals surface area contributed by atoms with Gasteiger partial charge in [0.2, 0.25) is 10.0 Å². The van der Waals surface area contributed by atoms with E-state index >= 15 is 0 Å². The first-order valence-corrected chi connectivity index (χ1v) is 8.72. The molecule has 1 heterocycles. The van der Waals surface area contributed by atoms with E-state index in [2.05, 4.69) is 4.90 Å². The summed E-state index contributed by atoms with van der Waals surface area (Å²) in [7, 11) is -1.89. The van der Waals surface area contributed by atoms with E-state index in [0.29, 0.717) is 25.2 Å². The molecule has 4 nitrogen and oxygen atoms in total. The van der Waals surface area contributed by atoms with E-state index in [1.165, 1.54) is 16.4 Å². The Balaban J connectivity index is 2.39. The van der Waals surface area contributed by atoms with Crippen LogP contribution in [0.25, 0.3) is 0 Å². The van der Waals surface area contributed by atoms with Gasteiger partial charge in [-0.3, -0.25) is 4.90 Å². The molecule has 0 unspecified atom stereocenters. The number of halogens is 2. The van der Waals surface area contributed by atoms with Crippen LogP contribution in [0.3, 0.4) is 0 Å². The summed E-state index contributed by atoms with van der Waals surface area (Å²) in [5, 5.41) is 0. The molecular formula is C14H20ClFN2O2S. The third kappa shape index (κ3) is 3.23. The van der Waals surface area contributed by atoms with E-state index in [1.807, 2.05) is 20.9 Å². The molecular weight excluding hydrogens is 315 g/mol. The van der Waals surface area contributed by atoms with Gasteiger partial charge >= 0.3 is 0 Å². The third-order valence-corrected chi connectivity index (χ3v) is 6.22. The average Bonchev–Trinajstić information content (AvgIpc) is 2.42. The Morgan fingerprint density at radius 2 is 2.00 bits per heavy atom. The zero-order valence-corrected chi connectivity index (χ0v) is 14.0. The molecule has 0 atom stereocenters. The Hall–Kier alpha value is -0.690. The van der Waals surface area contributed by atoms with Gasteiger partial charge in [0, 0.05) is 31.1 Å². The summed E-state index contributed by atoms with van der Waals surface area (Å²) in [4.78, 5) is 1.81. The number of piperazine rings is 1. The maximum atomic E-state index is 14.0. The Bertz CT molecular complexity index is 634. The minimum absolute atomic E-state index is 0.150. The van der Waals surface area contributed by atoms with Gasteiger partial charge in [-0.1, -0.05) is 6.07 Å². The number of hydrogen-bond donors (Lipinski definition) is 0. The van der Waals surface area contributed by atoms with Crippen LogP contribution in [0.15, 0.2) is 23.1 Å². The summed E-state index contributed by atoms with van der Waals surface area (Å²) in [5.74, 6) is -0.586. The second kappa shape index (κ2) is 5.83. The summed E-state index contributed by atoms with van der Waals surface area (Å²) in [6, 6.07) is 3.98. The lowest BCUT2D eigenvalue weighted by molar-refractivity contribution is 0.0800. The number of alkyl halides is 1. The highest BCUT2D eigenvalue weighted by Crippen LogP contribution is 2.27. The second-order valence-electron chi connectivity index (χ2n) is 5.97. The van der Waals surface area contributed by atoms with Gasteiger partial charge < -0.3 is 0 Å². The molecule has 0 radical (unpaired) electrons. The van der Waals surface area contributed by atoms with E-state index in [-0.39, 0.29) is 16.3 Å². The summed E-state index contributed by atoms with van der Waals surface area (Å²) in [5.41, 5.74) is 0.302. The van der Waals surface area contributed by atoms with Crippen molar-refractivity contribution in [3.05, 3.63) is 29.6 Å². The zero-order valence-electron chi connectivity index (χ0n) is 12.4. The van der Waals surface area contributed by atoms with E-state index in [4.69, 9.17) is 11.6 Å².